The summed E-state index contributed by atoms with van der Waals surface area (Å²) in [5, 5.41) is 0. The fourth-order valence-corrected chi connectivity index (χ4v) is 2.26. The van der Waals surface area contributed by atoms with Crippen molar-refractivity contribution in [2.45, 2.75) is 26.2 Å². The summed E-state index contributed by atoms with van der Waals surface area (Å²) in [6.45, 7) is 6.81. The Morgan fingerprint density at radius 3 is 2.24 bits per heavy atom. The van der Waals surface area contributed by atoms with Crippen LogP contribution in [0.3, 0.4) is 0 Å². The Bertz CT molecular complexity index is 283. The van der Waals surface area contributed by atoms with Gasteiger partial charge < -0.3 is 7.43 Å². The minimum atomic E-state index is 0. The molecule has 0 fully saturated rings. The molecule has 3 atom stereocenters. The normalized spacial score (nSPS) is 12.9. The summed E-state index contributed by atoms with van der Waals surface area (Å²) in [4.78, 5) is 0. The van der Waals surface area contributed by atoms with Crippen molar-refractivity contribution in [1.29, 1.82) is 0 Å². The molecule has 0 amide bonds. The van der Waals surface area contributed by atoms with E-state index in [4.69, 9.17) is 0 Å². The summed E-state index contributed by atoms with van der Waals surface area (Å²) >= 11 is 0. The molecule has 1 rings (SSSR count). The Balaban J connectivity index is 0. The predicted octanol–water partition coefficient (Wildman–Crippen LogP) is 5.10. The summed E-state index contributed by atoms with van der Waals surface area (Å²) in [5.74, 6) is 0.684. The smallest absolute Gasteiger partial charge is 0.358 e. The van der Waals surface area contributed by atoms with E-state index in [0.29, 0.717) is 5.92 Å². The largest absolute Gasteiger partial charge is 2.00 e. The van der Waals surface area contributed by atoms with E-state index < -0.39 is 0 Å². The van der Waals surface area contributed by atoms with Crippen molar-refractivity contribution in [3.8, 4) is 0 Å². The zero-order chi connectivity index (χ0) is 11.3. The first kappa shape index (κ1) is 20.2. The fourth-order valence-electron chi connectivity index (χ4n) is 1.45. The van der Waals surface area contributed by atoms with Gasteiger partial charge >= 0.3 is 26.2 Å². The predicted molar refractivity (Wildman–Crippen MR) is 82.4 cm³/mol. The van der Waals surface area contributed by atoms with Crippen LogP contribution in [0.2, 0.25) is 0 Å². The first-order chi connectivity index (χ1) is 7.13. The van der Waals surface area contributed by atoms with Gasteiger partial charge in [-0.2, -0.15) is 24.1 Å². The van der Waals surface area contributed by atoms with E-state index in [-0.39, 0.29) is 41.2 Å². The fraction of sp³-hybridized carbons (Fsp3) is 0.429. The van der Waals surface area contributed by atoms with Gasteiger partial charge in [0.25, 0.3) is 0 Å². The first-order valence-corrected chi connectivity index (χ1v) is 9.11. The van der Waals surface area contributed by atoms with E-state index >= 15 is 0 Å². The van der Waals surface area contributed by atoms with Crippen molar-refractivity contribution >= 4 is 16.5 Å². The van der Waals surface area contributed by atoms with Crippen molar-refractivity contribution in [3.05, 3.63) is 49.2 Å². The maximum Gasteiger partial charge on any atom is 2.00 e. The molecule has 0 saturated carbocycles. The second-order valence-corrected chi connectivity index (χ2v) is 8.64. The number of hydrogen-bond donors (Lipinski definition) is 0. The first-order valence-electron chi connectivity index (χ1n) is 5.52. The Morgan fingerprint density at radius 1 is 1.29 bits per heavy atom. The topological polar surface area (TPSA) is 0 Å². The molecule has 0 aromatic heterocycles. The van der Waals surface area contributed by atoms with Crippen LogP contribution in [-0.2, 0) is 26.2 Å². The Hall–Kier alpha value is 0.833. The van der Waals surface area contributed by atoms with Crippen LogP contribution < -0.4 is 0 Å². The van der Waals surface area contributed by atoms with E-state index in [1.807, 2.05) is 0 Å². The van der Waals surface area contributed by atoms with Crippen molar-refractivity contribution in [1.82, 2.24) is 0 Å². The Kier molecular flexibility index (Phi) is 12.7. The van der Waals surface area contributed by atoms with Gasteiger partial charge in [0.05, 0.1) is 0 Å². The SMILES string of the molecule is CCC(C)c1ccc([CH-]CP(C)P)cc1.[CH3-].[Zr+2]. The molecule has 3 heteroatoms. The Labute approximate surface area is 130 Å². The summed E-state index contributed by atoms with van der Waals surface area (Å²) < 4.78 is 0. The van der Waals surface area contributed by atoms with Gasteiger partial charge in [-0.25, -0.2) is 0 Å². The van der Waals surface area contributed by atoms with Crippen LogP contribution in [0, 0.1) is 13.8 Å². The third-order valence-electron chi connectivity index (χ3n) is 2.73. The van der Waals surface area contributed by atoms with E-state index in [9.17, 15) is 0 Å². The molecule has 0 N–H and O–H groups in total. The maximum absolute atomic E-state index is 2.89. The number of benzene rings is 1. The van der Waals surface area contributed by atoms with Crippen molar-refractivity contribution < 1.29 is 26.2 Å². The zero-order valence-corrected chi connectivity index (χ0v) is 15.9. The van der Waals surface area contributed by atoms with Gasteiger partial charge in [-0.15, -0.1) is 21.1 Å². The van der Waals surface area contributed by atoms with Crippen LogP contribution in [0.15, 0.2) is 24.3 Å². The molecule has 0 radical (unpaired) electrons. The molecule has 0 saturated heterocycles. The Morgan fingerprint density at radius 2 is 1.82 bits per heavy atom. The summed E-state index contributed by atoms with van der Waals surface area (Å²) in [6, 6.07) is 9.01. The molecule has 94 valence electrons. The van der Waals surface area contributed by atoms with Gasteiger partial charge in [-0.3, -0.25) is 0 Å². The molecule has 1 aromatic rings. The standard InChI is InChI=1S/C13H21P2.CH3.Zr/c1-4-11(2)13-7-5-12(6-8-13)9-10-15(3)14;;/h5-9,11H,4,10,14H2,1-3H3;1H3;/q2*-1;+2. The van der Waals surface area contributed by atoms with Gasteiger partial charge in [0.1, 0.15) is 0 Å². The van der Waals surface area contributed by atoms with Crippen LogP contribution in [-0.4, -0.2) is 12.8 Å². The minimum Gasteiger partial charge on any atom is -0.358 e. The van der Waals surface area contributed by atoms with Crippen LogP contribution >= 0.6 is 16.5 Å². The number of rotatable bonds is 5. The average Bonchev–Trinajstić information content (AvgIpc) is 2.26. The summed E-state index contributed by atoms with van der Waals surface area (Å²) in [5.41, 5.74) is 2.82. The molecule has 1 aromatic carbocycles. The molecule has 0 heterocycles. The van der Waals surface area contributed by atoms with Crippen LogP contribution in [0.25, 0.3) is 0 Å². The van der Waals surface area contributed by atoms with Gasteiger partial charge in [0.15, 0.2) is 0 Å². The molecule has 0 aliphatic rings. The van der Waals surface area contributed by atoms with E-state index in [1.165, 1.54) is 23.7 Å². The van der Waals surface area contributed by atoms with Gasteiger partial charge in [0, 0.05) is 0 Å². The molecular formula is C14H24P2Zr. The molecule has 0 aliphatic heterocycles. The second kappa shape index (κ2) is 10.7. The van der Waals surface area contributed by atoms with Crippen molar-refractivity contribution in [2.75, 3.05) is 12.8 Å². The molecular weight excluding hydrogens is 321 g/mol. The molecule has 3 unspecified atom stereocenters. The average molecular weight is 346 g/mol. The zero-order valence-electron chi connectivity index (χ0n) is 11.4. The van der Waals surface area contributed by atoms with Gasteiger partial charge in [-0.05, 0) is 19.0 Å². The maximum atomic E-state index is 2.89. The molecule has 0 nitrogen and oxygen atoms in total. The monoisotopic (exact) mass is 344 g/mol. The van der Waals surface area contributed by atoms with Crippen LogP contribution in [0.1, 0.15) is 37.3 Å². The third kappa shape index (κ3) is 7.77. The second-order valence-electron chi connectivity index (χ2n) is 4.12. The van der Waals surface area contributed by atoms with E-state index in [2.05, 4.69) is 60.1 Å². The molecule has 0 bridgehead atoms. The van der Waals surface area contributed by atoms with Crippen LogP contribution in [0.4, 0.5) is 0 Å². The summed E-state index contributed by atoms with van der Waals surface area (Å²) in [7, 11) is 3.01. The van der Waals surface area contributed by atoms with E-state index in [1.54, 1.807) is 0 Å². The third-order valence-corrected chi connectivity index (χ3v) is 4.12. The van der Waals surface area contributed by atoms with Gasteiger partial charge in [0.2, 0.25) is 0 Å². The van der Waals surface area contributed by atoms with Crippen molar-refractivity contribution in [2.24, 2.45) is 0 Å². The number of hydrogen-bond acceptors (Lipinski definition) is 0. The van der Waals surface area contributed by atoms with E-state index in [0.717, 1.165) is 0 Å². The summed E-state index contributed by atoms with van der Waals surface area (Å²) in [6.07, 6.45) is 4.75. The molecule has 0 aliphatic carbocycles. The quantitative estimate of drug-likeness (QED) is 0.514. The minimum absolute atomic E-state index is 0. The van der Waals surface area contributed by atoms with Crippen LogP contribution in [0.5, 0.6) is 0 Å². The van der Waals surface area contributed by atoms with Gasteiger partial charge in [-0.1, -0.05) is 33.2 Å². The molecule has 0 spiro atoms. The molecule has 17 heavy (non-hydrogen) atoms. The van der Waals surface area contributed by atoms with Crippen molar-refractivity contribution in [3.63, 3.8) is 0 Å².